The van der Waals surface area contributed by atoms with Gasteiger partial charge in [-0.25, -0.2) is 14.4 Å². The molecular weight excluding hydrogens is 480 g/mol. The van der Waals surface area contributed by atoms with Crippen molar-refractivity contribution in [1.82, 2.24) is 14.9 Å². The van der Waals surface area contributed by atoms with Gasteiger partial charge in [0.1, 0.15) is 17.2 Å². The molecule has 1 fully saturated rings. The number of oxazole rings is 1. The summed E-state index contributed by atoms with van der Waals surface area (Å²) in [7, 11) is 0. The topological polar surface area (TPSA) is 80.5 Å². The van der Waals surface area contributed by atoms with Crippen LogP contribution in [0.5, 0.6) is 0 Å². The molecule has 1 aliphatic heterocycles. The van der Waals surface area contributed by atoms with Gasteiger partial charge in [-0.1, -0.05) is 12.1 Å². The maximum atomic E-state index is 13.5. The molecule has 0 aliphatic carbocycles. The zero-order chi connectivity index (χ0) is 25.3. The Morgan fingerprint density at radius 2 is 1.81 bits per heavy atom. The minimum absolute atomic E-state index is 0.00641. The highest BCUT2D eigenvalue weighted by atomic mass is 19.4. The molecule has 0 atom stereocenters. The lowest BCUT2D eigenvalue weighted by Crippen LogP contribution is -2.35. The summed E-state index contributed by atoms with van der Waals surface area (Å²) in [6.45, 7) is 3.49. The molecule has 0 unspecified atom stereocenters. The molecule has 0 radical (unpaired) electrons. The van der Waals surface area contributed by atoms with Gasteiger partial charge >= 0.3 is 6.18 Å². The lowest BCUT2D eigenvalue weighted by molar-refractivity contribution is -0.137. The molecule has 36 heavy (non-hydrogen) atoms. The van der Waals surface area contributed by atoms with Crippen LogP contribution in [0.2, 0.25) is 0 Å². The van der Waals surface area contributed by atoms with E-state index in [1.54, 1.807) is 18.2 Å². The fourth-order valence-corrected chi connectivity index (χ4v) is 3.99. The molecule has 1 saturated heterocycles. The van der Waals surface area contributed by atoms with Crippen molar-refractivity contribution in [3.05, 3.63) is 77.2 Å². The van der Waals surface area contributed by atoms with Gasteiger partial charge in [-0.05, 0) is 42.5 Å². The highest BCUT2D eigenvalue weighted by Crippen LogP contribution is 2.38. The molecule has 1 amide bonds. The molecular formula is C25H20F4N4O3. The predicted octanol–water partition coefficient (Wildman–Crippen LogP) is 5.13. The molecule has 11 heteroatoms. The normalized spacial score (nSPS) is 14.8. The number of aromatic nitrogens is 2. The molecule has 0 spiro atoms. The summed E-state index contributed by atoms with van der Waals surface area (Å²) in [5.74, 6) is -1.65. The van der Waals surface area contributed by atoms with Gasteiger partial charge in [0.2, 0.25) is 5.89 Å². The van der Waals surface area contributed by atoms with E-state index in [-0.39, 0.29) is 22.6 Å². The van der Waals surface area contributed by atoms with E-state index < -0.39 is 29.0 Å². The molecule has 2 aromatic heterocycles. The van der Waals surface area contributed by atoms with Gasteiger partial charge in [0, 0.05) is 25.2 Å². The van der Waals surface area contributed by atoms with Crippen molar-refractivity contribution in [2.75, 3.05) is 31.6 Å². The van der Waals surface area contributed by atoms with Crippen LogP contribution in [0.4, 0.5) is 23.4 Å². The number of hydrogen-bond donors (Lipinski definition) is 1. The van der Waals surface area contributed by atoms with E-state index in [1.165, 1.54) is 12.1 Å². The number of benzene rings is 2. The second-order valence-corrected chi connectivity index (χ2v) is 8.22. The third kappa shape index (κ3) is 5.07. The van der Waals surface area contributed by atoms with E-state index in [9.17, 15) is 22.4 Å². The highest BCUT2D eigenvalue weighted by Gasteiger charge is 2.35. The zero-order valence-electron chi connectivity index (χ0n) is 18.8. The van der Waals surface area contributed by atoms with E-state index in [0.29, 0.717) is 31.6 Å². The van der Waals surface area contributed by atoms with E-state index in [1.807, 2.05) is 6.07 Å². The summed E-state index contributed by atoms with van der Waals surface area (Å²) in [6.07, 6.45) is -4.82. The fourth-order valence-electron chi connectivity index (χ4n) is 3.99. The first kappa shape index (κ1) is 23.9. The van der Waals surface area contributed by atoms with Crippen molar-refractivity contribution < 1.29 is 31.5 Å². The van der Waals surface area contributed by atoms with Crippen LogP contribution in [0, 0.1) is 5.82 Å². The van der Waals surface area contributed by atoms with Gasteiger partial charge < -0.3 is 14.5 Å². The average molecular weight is 500 g/mol. The first-order valence-corrected chi connectivity index (χ1v) is 11.1. The lowest BCUT2D eigenvalue weighted by Gasteiger charge is -2.26. The maximum absolute atomic E-state index is 13.5. The number of rotatable bonds is 5. The first-order valence-electron chi connectivity index (χ1n) is 11.1. The fraction of sp³-hybridized carbons (Fsp3) is 0.240. The van der Waals surface area contributed by atoms with E-state index in [2.05, 4.69) is 20.2 Å². The van der Waals surface area contributed by atoms with Gasteiger partial charge in [-0.3, -0.25) is 9.69 Å². The number of fused-ring (bicyclic) bond motifs is 1. The number of alkyl halides is 3. The Kier molecular flexibility index (Phi) is 6.42. The number of amides is 1. The Morgan fingerprint density at radius 3 is 2.58 bits per heavy atom. The predicted molar refractivity (Wildman–Crippen MR) is 123 cm³/mol. The summed E-state index contributed by atoms with van der Waals surface area (Å²) in [4.78, 5) is 23.9. The number of nitrogens with zero attached hydrogens (tertiary/aromatic N) is 3. The molecule has 4 aromatic rings. The van der Waals surface area contributed by atoms with Crippen LogP contribution in [0.3, 0.4) is 0 Å². The summed E-state index contributed by atoms with van der Waals surface area (Å²) >= 11 is 0. The smallest absolute Gasteiger partial charge is 0.417 e. The number of carbonyl (C=O) groups is 1. The molecule has 1 aliphatic rings. The third-order valence-corrected chi connectivity index (χ3v) is 5.71. The molecule has 2 aromatic carbocycles. The minimum Gasteiger partial charge on any atom is -0.435 e. The van der Waals surface area contributed by atoms with E-state index >= 15 is 0 Å². The number of morpholine rings is 1. The van der Waals surface area contributed by atoms with E-state index in [4.69, 9.17) is 9.15 Å². The Labute approximate surface area is 202 Å². The SMILES string of the molecule is O=C(Nc1cccc(CN2CCOCC2)n1)c1cccc2nc(-c3ccc(F)cc3C(F)(F)F)oc12. The number of halogens is 4. The van der Waals surface area contributed by atoms with Gasteiger partial charge in [0.25, 0.3) is 5.91 Å². The summed E-state index contributed by atoms with van der Waals surface area (Å²) < 4.78 is 64.9. The summed E-state index contributed by atoms with van der Waals surface area (Å²) in [6, 6.07) is 12.0. The number of hydrogen-bond acceptors (Lipinski definition) is 6. The number of anilines is 1. The highest BCUT2D eigenvalue weighted by molar-refractivity contribution is 6.10. The molecule has 5 rings (SSSR count). The van der Waals surface area contributed by atoms with Crippen molar-refractivity contribution in [3.8, 4) is 11.5 Å². The molecule has 3 heterocycles. The minimum atomic E-state index is -4.82. The van der Waals surface area contributed by atoms with Crippen molar-refractivity contribution in [2.45, 2.75) is 12.7 Å². The Hall–Kier alpha value is -3.83. The Bertz CT molecular complexity index is 1410. The second kappa shape index (κ2) is 9.67. The summed E-state index contributed by atoms with van der Waals surface area (Å²) in [5, 5.41) is 2.71. The quantitative estimate of drug-likeness (QED) is 0.383. The maximum Gasteiger partial charge on any atom is 0.417 e. The van der Waals surface area contributed by atoms with Crippen molar-refractivity contribution in [2.24, 2.45) is 0 Å². The summed E-state index contributed by atoms with van der Waals surface area (Å²) in [5.41, 5.74) is -0.616. The number of carbonyl (C=O) groups excluding carboxylic acids is 1. The Morgan fingerprint density at radius 1 is 1.03 bits per heavy atom. The van der Waals surface area contributed by atoms with Crippen LogP contribution in [0.1, 0.15) is 21.6 Å². The molecule has 0 saturated carbocycles. The molecule has 7 nitrogen and oxygen atoms in total. The monoisotopic (exact) mass is 500 g/mol. The standard InChI is InChI=1S/C25H20F4N4O3/c26-15-7-8-17(19(13-15)25(27,28)29)24-31-20-5-2-4-18(22(20)36-24)23(34)32-21-6-1-3-16(30-21)14-33-9-11-35-12-10-33/h1-8,13H,9-12,14H2,(H,30,32,34). The van der Waals surface area contributed by atoms with E-state index in [0.717, 1.165) is 30.9 Å². The number of para-hydroxylation sites is 1. The molecule has 1 N–H and O–H groups in total. The van der Waals surface area contributed by atoms with Gasteiger partial charge in [0.05, 0.1) is 30.0 Å². The average Bonchev–Trinajstić information content (AvgIpc) is 3.28. The lowest BCUT2D eigenvalue weighted by atomic mass is 10.1. The zero-order valence-corrected chi connectivity index (χ0v) is 18.8. The van der Waals surface area contributed by atoms with Crippen LogP contribution >= 0.6 is 0 Å². The van der Waals surface area contributed by atoms with Crippen molar-refractivity contribution in [1.29, 1.82) is 0 Å². The molecule has 186 valence electrons. The van der Waals surface area contributed by atoms with Gasteiger partial charge in [-0.15, -0.1) is 0 Å². The van der Waals surface area contributed by atoms with Crippen LogP contribution in [0.15, 0.2) is 59.0 Å². The Balaban J connectivity index is 1.42. The largest absolute Gasteiger partial charge is 0.435 e. The van der Waals surface area contributed by atoms with Crippen molar-refractivity contribution >= 4 is 22.8 Å². The van der Waals surface area contributed by atoms with Crippen molar-refractivity contribution in [3.63, 3.8) is 0 Å². The second-order valence-electron chi connectivity index (χ2n) is 8.22. The molecule has 0 bridgehead atoms. The number of pyridine rings is 1. The first-order chi connectivity index (χ1) is 17.3. The van der Waals surface area contributed by atoms with Crippen LogP contribution < -0.4 is 5.32 Å². The number of ether oxygens (including phenoxy) is 1. The van der Waals surface area contributed by atoms with Gasteiger partial charge in [-0.2, -0.15) is 13.2 Å². The third-order valence-electron chi connectivity index (χ3n) is 5.71. The van der Waals surface area contributed by atoms with Crippen LogP contribution in [0.25, 0.3) is 22.6 Å². The van der Waals surface area contributed by atoms with Crippen LogP contribution in [-0.4, -0.2) is 47.1 Å². The number of nitrogens with one attached hydrogen (secondary N) is 1. The van der Waals surface area contributed by atoms with Crippen LogP contribution in [-0.2, 0) is 17.5 Å². The van der Waals surface area contributed by atoms with Gasteiger partial charge in [0.15, 0.2) is 5.58 Å².